The zero-order valence-electron chi connectivity index (χ0n) is 13.0. The van der Waals surface area contributed by atoms with Gasteiger partial charge >= 0.3 is 0 Å². The van der Waals surface area contributed by atoms with Crippen LogP contribution in [0.25, 0.3) is 0 Å². The predicted octanol–water partition coefficient (Wildman–Crippen LogP) is -3.56. The first kappa shape index (κ1) is 18.7. The van der Waals surface area contributed by atoms with Gasteiger partial charge in [0.1, 0.15) is 30.5 Å². The first-order valence-electron chi connectivity index (χ1n) is 7.47. The highest BCUT2D eigenvalue weighted by atomic mass is 16.7. The second kappa shape index (κ2) is 7.51. The minimum atomic E-state index is -1.48. The highest BCUT2D eigenvalue weighted by Gasteiger charge is 2.45. The van der Waals surface area contributed by atoms with E-state index >= 15 is 0 Å². The molecule has 1 saturated heterocycles. The second-order valence-corrected chi connectivity index (χ2v) is 5.97. The van der Waals surface area contributed by atoms with E-state index in [0.717, 1.165) is 0 Å². The maximum Gasteiger partial charge on any atom is 0.186 e. The van der Waals surface area contributed by atoms with Crippen LogP contribution in [0.1, 0.15) is 6.92 Å². The van der Waals surface area contributed by atoms with Gasteiger partial charge in [0.15, 0.2) is 6.29 Å². The number of ether oxygens (including phenoxy) is 2. The molecule has 9 heteroatoms. The van der Waals surface area contributed by atoms with Crippen LogP contribution in [-0.4, -0.2) is 99.4 Å². The Labute approximate surface area is 133 Å². The summed E-state index contributed by atoms with van der Waals surface area (Å²) in [5.74, 6) is 0. The van der Waals surface area contributed by atoms with Crippen LogP contribution >= 0.6 is 0 Å². The number of nitrogens with one attached hydrogen (secondary N) is 1. The number of aliphatic hydroxyl groups excluding tert-OH is 6. The Morgan fingerprint density at radius 3 is 2.30 bits per heavy atom. The molecule has 0 aromatic rings. The summed E-state index contributed by atoms with van der Waals surface area (Å²) in [5.41, 5.74) is 0.162. The van der Waals surface area contributed by atoms with Gasteiger partial charge in [0.25, 0.3) is 0 Å². The van der Waals surface area contributed by atoms with Gasteiger partial charge in [-0.3, -0.25) is 0 Å². The number of aliphatic hydroxyl groups is 6. The van der Waals surface area contributed by atoms with Gasteiger partial charge in [-0.25, -0.2) is 0 Å². The molecule has 0 bridgehead atoms. The molecule has 6 unspecified atom stereocenters. The van der Waals surface area contributed by atoms with Crippen LogP contribution in [0.15, 0.2) is 11.6 Å². The Balaban J connectivity index is 2.15. The largest absolute Gasteiger partial charge is 0.392 e. The van der Waals surface area contributed by atoms with E-state index in [0.29, 0.717) is 0 Å². The molecule has 0 radical (unpaired) electrons. The average molecular weight is 335 g/mol. The third kappa shape index (κ3) is 3.58. The van der Waals surface area contributed by atoms with Crippen molar-refractivity contribution < 1.29 is 40.1 Å². The van der Waals surface area contributed by atoms with Crippen molar-refractivity contribution in [3.8, 4) is 0 Å². The monoisotopic (exact) mass is 335 g/mol. The first-order valence-corrected chi connectivity index (χ1v) is 7.47. The smallest absolute Gasteiger partial charge is 0.186 e. The van der Waals surface area contributed by atoms with E-state index in [1.165, 1.54) is 13.2 Å². The highest BCUT2D eigenvalue weighted by Crippen LogP contribution is 2.25. The second-order valence-electron chi connectivity index (χ2n) is 5.97. The Morgan fingerprint density at radius 1 is 1.09 bits per heavy atom. The zero-order chi connectivity index (χ0) is 17.3. The third-order valence-corrected chi connectivity index (χ3v) is 4.47. The van der Waals surface area contributed by atoms with Crippen molar-refractivity contribution in [2.24, 2.45) is 0 Å². The highest BCUT2D eigenvalue weighted by molar-refractivity contribution is 5.22. The standard InChI is InChI=1S/C14H25NO8/c1-5-8(11(19)13(21)14(22-2)23-5)15-7-3-6(4-16)9(17)12(20)10(7)18/h3,5,7-21H,4H2,1-2H3/t5-,7?,8?,9-,10?,11+,12?,13?,14?/m1/s1. The Kier molecular flexibility index (Phi) is 6.11. The summed E-state index contributed by atoms with van der Waals surface area (Å²) in [6, 6.07) is -1.60. The first-order chi connectivity index (χ1) is 10.8. The molecule has 2 aliphatic rings. The van der Waals surface area contributed by atoms with Crippen molar-refractivity contribution in [1.29, 1.82) is 0 Å². The summed E-state index contributed by atoms with van der Waals surface area (Å²) in [7, 11) is 1.35. The molecule has 0 aromatic heterocycles. The summed E-state index contributed by atoms with van der Waals surface area (Å²) >= 11 is 0. The Hall–Kier alpha value is -0.620. The van der Waals surface area contributed by atoms with E-state index in [2.05, 4.69) is 5.32 Å². The van der Waals surface area contributed by atoms with Gasteiger partial charge in [0, 0.05) is 7.11 Å². The molecule has 0 amide bonds. The molecule has 0 saturated carbocycles. The van der Waals surface area contributed by atoms with E-state index in [1.54, 1.807) is 6.92 Å². The van der Waals surface area contributed by atoms with Crippen LogP contribution in [0.2, 0.25) is 0 Å². The summed E-state index contributed by atoms with van der Waals surface area (Å²) in [5, 5.41) is 62.0. The lowest BCUT2D eigenvalue weighted by Crippen LogP contribution is -2.66. The molecule has 7 N–H and O–H groups in total. The molecule has 1 heterocycles. The summed E-state index contributed by atoms with van der Waals surface area (Å²) < 4.78 is 10.4. The van der Waals surface area contributed by atoms with Crippen molar-refractivity contribution in [3.63, 3.8) is 0 Å². The maximum atomic E-state index is 10.2. The van der Waals surface area contributed by atoms with E-state index in [4.69, 9.17) is 9.47 Å². The van der Waals surface area contributed by atoms with E-state index in [-0.39, 0.29) is 5.57 Å². The molecule has 23 heavy (non-hydrogen) atoms. The molecule has 1 aliphatic heterocycles. The molecular weight excluding hydrogens is 310 g/mol. The molecule has 0 aromatic carbocycles. The van der Waals surface area contributed by atoms with E-state index in [1.807, 2.05) is 0 Å². The zero-order valence-corrected chi connectivity index (χ0v) is 13.0. The third-order valence-electron chi connectivity index (χ3n) is 4.47. The lowest BCUT2D eigenvalue weighted by Gasteiger charge is -2.44. The summed E-state index contributed by atoms with van der Waals surface area (Å²) in [4.78, 5) is 0. The van der Waals surface area contributed by atoms with Gasteiger partial charge in [-0.05, 0) is 12.5 Å². The van der Waals surface area contributed by atoms with Gasteiger partial charge in [-0.15, -0.1) is 0 Å². The van der Waals surface area contributed by atoms with Gasteiger partial charge < -0.3 is 45.4 Å². The van der Waals surface area contributed by atoms with Gasteiger partial charge in [-0.1, -0.05) is 6.08 Å². The summed E-state index contributed by atoms with van der Waals surface area (Å²) in [6.45, 7) is 1.19. The molecule has 134 valence electrons. The number of methoxy groups -OCH3 is 1. The molecular formula is C14H25NO8. The van der Waals surface area contributed by atoms with Crippen LogP contribution in [0.3, 0.4) is 0 Å². The molecule has 0 spiro atoms. The van der Waals surface area contributed by atoms with Crippen LogP contribution in [0.4, 0.5) is 0 Å². The van der Waals surface area contributed by atoms with Crippen LogP contribution < -0.4 is 5.32 Å². The average Bonchev–Trinajstić information content (AvgIpc) is 2.54. The topological polar surface area (TPSA) is 152 Å². The Bertz CT molecular complexity index is 433. The Morgan fingerprint density at radius 2 is 1.74 bits per heavy atom. The van der Waals surface area contributed by atoms with Crippen molar-refractivity contribution in [3.05, 3.63) is 11.6 Å². The molecule has 1 fully saturated rings. The van der Waals surface area contributed by atoms with Gasteiger partial charge in [0.05, 0.1) is 24.8 Å². The maximum absolute atomic E-state index is 10.2. The molecule has 1 aliphatic carbocycles. The number of hydrogen-bond donors (Lipinski definition) is 7. The lowest BCUT2D eigenvalue weighted by atomic mass is 9.86. The fourth-order valence-corrected chi connectivity index (χ4v) is 3.02. The van der Waals surface area contributed by atoms with Crippen molar-refractivity contribution >= 4 is 0 Å². The van der Waals surface area contributed by atoms with Gasteiger partial charge in [-0.2, -0.15) is 0 Å². The fraction of sp³-hybridized carbons (Fsp3) is 0.857. The van der Waals surface area contributed by atoms with E-state index in [9.17, 15) is 30.6 Å². The molecule has 9 nitrogen and oxygen atoms in total. The fourth-order valence-electron chi connectivity index (χ4n) is 3.02. The van der Waals surface area contributed by atoms with Crippen LogP contribution in [0, 0.1) is 0 Å². The van der Waals surface area contributed by atoms with Crippen molar-refractivity contribution in [1.82, 2.24) is 5.32 Å². The molecule has 2 rings (SSSR count). The van der Waals surface area contributed by atoms with Crippen molar-refractivity contribution in [2.45, 2.75) is 61.9 Å². The lowest BCUT2D eigenvalue weighted by molar-refractivity contribution is -0.265. The van der Waals surface area contributed by atoms with Crippen LogP contribution in [0.5, 0.6) is 0 Å². The molecule has 9 atom stereocenters. The quantitative estimate of drug-likeness (QED) is 0.259. The van der Waals surface area contributed by atoms with E-state index < -0.39 is 61.6 Å². The van der Waals surface area contributed by atoms with Crippen LogP contribution in [-0.2, 0) is 9.47 Å². The SMILES string of the molecule is COC1O[C@H](C)C(NC2C=C(CO)[C@@H](O)C(O)C2O)[C@H](O)C1O. The number of hydrogen-bond acceptors (Lipinski definition) is 9. The minimum absolute atomic E-state index is 0.162. The minimum Gasteiger partial charge on any atom is -0.392 e. The summed E-state index contributed by atoms with van der Waals surface area (Å²) in [6.07, 6.45) is -6.83. The predicted molar refractivity (Wildman–Crippen MR) is 77.3 cm³/mol. The number of rotatable bonds is 4. The normalized spacial score (nSPS) is 48.2. The van der Waals surface area contributed by atoms with Crippen molar-refractivity contribution in [2.75, 3.05) is 13.7 Å². The van der Waals surface area contributed by atoms with Gasteiger partial charge in [0.2, 0.25) is 0 Å².